The smallest absolute Gasteiger partial charge is 0.244 e. The van der Waals surface area contributed by atoms with E-state index in [1.165, 1.54) is 21.9 Å². The molecule has 2 heterocycles. The lowest BCUT2D eigenvalue weighted by molar-refractivity contribution is -0.120. The lowest BCUT2D eigenvalue weighted by atomic mass is 10.0. The summed E-state index contributed by atoms with van der Waals surface area (Å²) in [6.07, 6.45) is 5.13. The van der Waals surface area contributed by atoms with Crippen molar-refractivity contribution in [3.63, 3.8) is 0 Å². The van der Waals surface area contributed by atoms with Gasteiger partial charge < -0.3 is 5.32 Å². The molecule has 1 aliphatic heterocycles. The number of rotatable bonds is 7. The SMILES string of the molecule is CCCc1sc(NC(=O)C2CCCCN2S(C)(=O)=O)nc1-c1ccc(-c2ccccc2)cc1. The highest BCUT2D eigenvalue weighted by molar-refractivity contribution is 7.88. The third kappa shape index (κ3) is 5.51. The number of carbonyl (C=O) groups is 1. The first-order chi connectivity index (χ1) is 15.9. The number of aryl methyl sites for hydroxylation is 1. The van der Waals surface area contributed by atoms with Gasteiger partial charge in [-0.25, -0.2) is 13.4 Å². The summed E-state index contributed by atoms with van der Waals surface area (Å²) in [7, 11) is -3.44. The molecule has 1 aliphatic rings. The van der Waals surface area contributed by atoms with E-state index >= 15 is 0 Å². The summed E-state index contributed by atoms with van der Waals surface area (Å²) in [6, 6.07) is 17.8. The van der Waals surface area contributed by atoms with Crippen LogP contribution in [0.5, 0.6) is 0 Å². The molecule has 6 nitrogen and oxygen atoms in total. The minimum absolute atomic E-state index is 0.303. The second kappa shape index (κ2) is 10.2. The summed E-state index contributed by atoms with van der Waals surface area (Å²) in [5, 5.41) is 3.42. The maximum Gasteiger partial charge on any atom is 0.244 e. The number of aromatic nitrogens is 1. The van der Waals surface area contributed by atoms with Gasteiger partial charge in [-0.15, -0.1) is 11.3 Å². The van der Waals surface area contributed by atoms with Crippen LogP contribution in [0.4, 0.5) is 5.13 Å². The molecule has 0 radical (unpaired) electrons. The van der Waals surface area contributed by atoms with Crippen molar-refractivity contribution >= 4 is 32.4 Å². The van der Waals surface area contributed by atoms with Gasteiger partial charge >= 0.3 is 0 Å². The van der Waals surface area contributed by atoms with Crippen molar-refractivity contribution in [2.75, 3.05) is 18.1 Å². The van der Waals surface area contributed by atoms with Crippen LogP contribution in [0, 0.1) is 0 Å². The Labute approximate surface area is 199 Å². The van der Waals surface area contributed by atoms with E-state index < -0.39 is 16.1 Å². The number of thiazole rings is 1. The Morgan fingerprint density at radius 1 is 1.06 bits per heavy atom. The zero-order chi connectivity index (χ0) is 23.4. The average Bonchev–Trinajstić information content (AvgIpc) is 3.21. The van der Waals surface area contributed by atoms with Gasteiger partial charge in [0.05, 0.1) is 11.9 Å². The van der Waals surface area contributed by atoms with Crippen LogP contribution in [-0.2, 0) is 21.2 Å². The number of benzene rings is 2. The normalized spacial score (nSPS) is 17.1. The molecular weight excluding hydrogens is 454 g/mol. The standard InChI is InChI=1S/C25H29N3O3S2/c1-3-9-22-23(20-15-13-19(14-16-20)18-10-5-4-6-11-18)26-25(32-22)27-24(29)21-12-7-8-17-28(21)33(2,30)31/h4-6,10-11,13-16,21H,3,7-9,12,17H2,1-2H3,(H,26,27,29). The largest absolute Gasteiger partial charge is 0.301 e. The number of hydrogen-bond donors (Lipinski definition) is 1. The summed E-state index contributed by atoms with van der Waals surface area (Å²) >= 11 is 1.47. The summed E-state index contributed by atoms with van der Waals surface area (Å²) < 4.78 is 25.6. The van der Waals surface area contributed by atoms with Gasteiger partial charge in [-0.1, -0.05) is 74.4 Å². The highest BCUT2D eigenvalue weighted by atomic mass is 32.2. The van der Waals surface area contributed by atoms with Gasteiger partial charge in [0, 0.05) is 17.0 Å². The van der Waals surface area contributed by atoms with Crippen LogP contribution >= 0.6 is 11.3 Å². The van der Waals surface area contributed by atoms with E-state index in [0.29, 0.717) is 18.1 Å². The maximum atomic E-state index is 13.0. The predicted molar refractivity (Wildman–Crippen MR) is 135 cm³/mol. The molecule has 0 spiro atoms. The van der Waals surface area contributed by atoms with E-state index in [1.54, 1.807) is 0 Å². The molecule has 0 bridgehead atoms. The second-order valence-corrected chi connectivity index (χ2v) is 11.4. The molecule has 1 fully saturated rings. The summed E-state index contributed by atoms with van der Waals surface area (Å²) in [6.45, 7) is 2.50. The highest BCUT2D eigenvalue weighted by Gasteiger charge is 2.34. The molecule has 1 atom stereocenters. The van der Waals surface area contributed by atoms with Gasteiger partial charge in [0.2, 0.25) is 15.9 Å². The van der Waals surface area contributed by atoms with Gasteiger partial charge in [-0.3, -0.25) is 4.79 Å². The quantitative estimate of drug-likeness (QED) is 0.502. The predicted octanol–water partition coefficient (Wildman–Crippen LogP) is 5.18. The molecular formula is C25H29N3O3S2. The number of hydrogen-bond acceptors (Lipinski definition) is 5. The van der Waals surface area contributed by atoms with Crippen LogP contribution < -0.4 is 5.32 Å². The number of carbonyl (C=O) groups excluding carboxylic acids is 1. The first-order valence-corrected chi connectivity index (χ1v) is 14.0. The molecule has 1 amide bonds. The first kappa shape index (κ1) is 23.6. The molecule has 4 rings (SSSR count). The van der Waals surface area contributed by atoms with Crippen LogP contribution in [0.3, 0.4) is 0 Å². The van der Waals surface area contributed by atoms with E-state index in [4.69, 9.17) is 4.98 Å². The Morgan fingerprint density at radius 3 is 2.39 bits per heavy atom. The third-order valence-corrected chi connectivity index (χ3v) is 8.17. The molecule has 33 heavy (non-hydrogen) atoms. The number of piperidine rings is 1. The first-order valence-electron chi connectivity index (χ1n) is 11.3. The molecule has 1 aromatic heterocycles. The monoisotopic (exact) mass is 483 g/mol. The van der Waals surface area contributed by atoms with Crippen molar-refractivity contribution in [2.45, 2.75) is 45.1 Å². The average molecular weight is 484 g/mol. The molecule has 2 aromatic carbocycles. The fourth-order valence-corrected chi connectivity index (χ4v) is 6.44. The Balaban J connectivity index is 1.57. The van der Waals surface area contributed by atoms with E-state index in [1.807, 2.05) is 18.2 Å². The molecule has 3 aromatic rings. The molecule has 1 saturated heterocycles. The van der Waals surface area contributed by atoms with Crippen molar-refractivity contribution in [1.82, 2.24) is 9.29 Å². The zero-order valence-electron chi connectivity index (χ0n) is 19.0. The Bertz CT molecular complexity index is 1210. The van der Waals surface area contributed by atoms with Gasteiger partial charge in [-0.05, 0) is 30.4 Å². The third-order valence-electron chi connectivity index (χ3n) is 5.85. The molecule has 0 aliphatic carbocycles. The van der Waals surface area contributed by atoms with E-state index in [2.05, 4.69) is 48.6 Å². The highest BCUT2D eigenvalue weighted by Crippen LogP contribution is 2.34. The zero-order valence-corrected chi connectivity index (χ0v) is 20.6. The summed E-state index contributed by atoms with van der Waals surface area (Å²) in [5.74, 6) is -0.303. The molecule has 1 unspecified atom stereocenters. The number of nitrogens with one attached hydrogen (secondary N) is 1. The van der Waals surface area contributed by atoms with Gasteiger partial charge in [0.25, 0.3) is 0 Å². The molecule has 1 N–H and O–H groups in total. The Kier molecular flexibility index (Phi) is 7.26. The topological polar surface area (TPSA) is 79.4 Å². The minimum Gasteiger partial charge on any atom is -0.301 e. The Morgan fingerprint density at radius 2 is 1.73 bits per heavy atom. The lowest BCUT2D eigenvalue weighted by Gasteiger charge is -2.32. The van der Waals surface area contributed by atoms with E-state index in [9.17, 15) is 13.2 Å². The van der Waals surface area contributed by atoms with Crippen LogP contribution in [-0.4, -0.2) is 42.5 Å². The molecule has 8 heteroatoms. The number of amides is 1. The van der Waals surface area contributed by atoms with Crippen molar-refractivity contribution in [1.29, 1.82) is 0 Å². The number of anilines is 1. The number of sulfonamides is 1. The molecule has 174 valence electrons. The minimum atomic E-state index is -3.44. The lowest BCUT2D eigenvalue weighted by Crippen LogP contribution is -2.49. The van der Waals surface area contributed by atoms with Crippen LogP contribution in [0.2, 0.25) is 0 Å². The number of nitrogens with zero attached hydrogens (tertiary/aromatic N) is 2. The van der Waals surface area contributed by atoms with Crippen LogP contribution in [0.15, 0.2) is 54.6 Å². The maximum absolute atomic E-state index is 13.0. The van der Waals surface area contributed by atoms with Crippen molar-refractivity contribution in [3.8, 4) is 22.4 Å². The second-order valence-electron chi connectivity index (χ2n) is 8.36. The van der Waals surface area contributed by atoms with Crippen molar-refractivity contribution in [2.24, 2.45) is 0 Å². The van der Waals surface area contributed by atoms with Crippen LogP contribution in [0.1, 0.15) is 37.5 Å². The van der Waals surface area contributed by atoms with Gasteiger partial charge in [0.1, 0.15) is 6.04 Å². The van der Waals surface area contributed by atoms with Gasteiger partial charge in [-0.2, -0.15) is 4.31 Å². The van der Waals surface area contributed by atoms with E-state index in [0.717, 1.165) is 52.9 Å². The van der Waals surface area contributed by atoms with Crippen LogP contribution in [0.25, 0.3) is 22.4 Å². The fourth-order valence-electron chi connectivity index (χ4n) is 4.23. The summed E-state index contributed by atoms with van der Waals surface area (Å²) in [4.78, 5) is 18.8. The van der Waals surface area contributed by atoms with E-state index in [-0.39, 0.29) is 5.91 Å². The van der Waals surface area contributed by atoms with Gasteiger partial charge in [0.15, 0.2) is 5.13 Å². The molecule has 0 saturated carbocycles. The fraction of sp³-hybridized carbons (Fsp3) is 0.360. The Hall–Kier alpha value is -2.55. The van der Waals surface area contributed by atoms with Crippen molar-refractivity contribution < 1.29 is 13.2 Å². The summed E-state index contributed by atoms with van der Waals surface area (Å²) in [5.41, 5.74) is 4.18. The van der Waals surface area contributed by atoms with Crippen molar-refractivity contribution in [3.05, 3.63) is 59.5 Å².